The fraction of sp³-hybridized carbons (Fsp3) is 0.280. The van der Waals surface area contributed by atoms with Crippen LogP contribution in [0.3, 0.4) is 0 Å². The highest BCUT2D eigenvalue weighted by molar-refractivity contribution is 6.95. The molecular weight excluding hydrogens is 655 g/mol. The van der Waals surface area contributed by atoms with Crippen LogP contribution in [0.4, 0.5) is 22.7 Å². The lowest BCUT2D eigenvalue weighted by Crippen LogP contribution is -2.63. The summed E-state index contributed by atoms with van der Waals surface area (Å²) in [5.74, 6) is 0.891. The second-order valence-corrected chi connectivity index (χ2v) is 19.3. The highest BCUT2D eigenvalue weighted by Crippen LogP contribution is 2.77. The van der Waals surface area contributed by atoms with E-state index in [1.54, 1.807) is 11.0 Å². The Morgan fingerprint density at radius 1 is 0.704 bits per heavy atom. The minimum Gasteiger partial charge on any atom is -0.454 e. The van der Waals surface area contributed by atoms with Gasteiger partial charge in [-0.2, -0.15) is 0 Å². The number of nitrogens with zero attached hydrogens (tertiary/aromatic N) is 2. The SMILES string of the molecule is CC(C)(C)c1ccc2c(c1)N(c1cccc3c1oc1ccccc13)c1cc(C(C)(C)C)cc3c1B2C1=CC=CC2C4C5=C(N3C124)C(C)(C)c1ccccc15. The lowest BCUT2D eigenvalue weighted by molar-refractivity contribution is 0.570. The van der Waals surface area contributed by atoms with Gasteiger partial charge in [0.2, 0.25) is 6.71 Å². The highest BCUT2D eigenvalue weighted by atomic mass is 16.3. The maximum atomic E-state index is 6.86. The summed E-state index contributed by atoms with van der Waals surface area (Å²) in [4.78, 5) is 5.48. The van der Waals surface area contributed by atoms with Crippen molar-refractivity contribution in [2.24, 2.45) is 11.8 Å². The normalized spacial score (nSPS) is 23.6. The molecule has 3 nitrogen and oxygen atoms in total. The number of allylic oxidation sites excluding steroid dienone is 3. The van der Waals surface area contributed by atoms with Crippen molar-refractivity contribution in [3.8, 4) is 0 Å². The van der Waals surface area contributed by atoms with Gasteiger partial charge in [0.15, 0.2) is 5.58 Å². The van der Waals surface area contributed by atoms with Crippen LogP contribution in [0.1, 0.15) is 77.6 Å². The molecule has 0 N–H and O–H groups in total. The fourth-order valence-electron chi connectivity index (χ4n) is 11.6. The summed E-state index contributed by atoms with van der Waals surface area (Å²) in [6.07, 6.45) is 7.42. The summed E-state index contributed by atoms with van der Waals surface area (Å²) < 4.78 is 6.86. The largest absolute Gasteiger partial charge is 0.454 e. The van der Waals surface area contributed by atoms with Crippen LogP contribution in [0.5, 0.6) is 0 Å². The number of fused-ring (bicyclic) bond motifs is 12. The van der Waals surface area contributed by atoms with Gasteiger partial charge in [0.25, 0.3) is 0 Å². The molecule has 1 fully saturated rings. The first kappa shape index (κ1) is 31.2. The minimum absolute atomic E-state index is 0.0124. The van der Waals surface area contributed by atoms with E-state index >= 15 is 0 Å². The molecule has 3 atom stereocenters. The first-order valence-electron chi connectivity index (χ1n) is 19.9. The van der Waals surface area contributed by atoms with Crippen molar-refractivity contribution in [1.29, 1.82) is 0 Å². The van der Waals surface area contributed by atoms with Crippen molar-refractivity contribution < 1.29 is 4.42 Å². The summed E-state index contributed by atoms with van der Waals surface area (Å²) >= 11 is 0. The van der Waals surface area contributed by atoms with Gasteiger partial charge in [-0.15, -0.1) is 0 Å². The number of rotatable bonds is 1. The van der Waals surface area contributed by atoms with Gasteiger partial charge in [-0.1, -0.05) is 146 Å². The van der Waals surface area contributed by atoms with Crippen molar-refractivity contribution in [1.82, 2.24) is 0 Å². The molecule has 6 aromatic rings. The van der Waals surface area contributed by atoms with Gasteiger partial charge in [-0.05, 0) is 79.9 Å². The molecule has 264 valence electrons. The van der Waals surface area contributed by atoms with E-state index in [2.05, 4.69) is 180 Å². The zero-order valence-corrected chi connectivity index (χ0v) is 32.5. The molecule has 1 saturated carbocycles. The molecule has 0 radical (unpaired) electrons. The van der Waals surface area contributed by atoms with Crippen LogP contribution >= 0.6 is 0 Å². The van der Waals surface area contributed by atoms with Crippen molar-refractivity contribution >= 4 is 67.9 Å². The minimum atomic E-state index is -0.115. The van der Waals surface area contributed by atoms with E-state index in [1.165, 1.54) is 55.9 Å². The lowest BCUT2D eigenvalue weighted by Gasteiger charge is -2.51. The van der Waals surface area contributed by atoms with Crippen LogP contribution in [-0.4, -0.2) is 12.3 Å². The summed E-state index contributed by atoms with van der Waals surface area (Å²) in [7, 11) is 0. The average molecular weight is 701 g/mol. The fourth-order valence-corrected chi connectivity index (χ4v) is 11.6. The molecule has 6 aliphatic rings. The van der Waals surface area contributed by atoms with Gasteiger partial charge in [0, 0.05) is 50.8 Å². The van der Waals surface area contributed by atoms with Crippen LogP contribution in [0.25, 0.3) is 27.5 Å². The highest BCUT2D eigenvalue weighted by Gasteiger charge is 2.79. The Bertz CT molecular complexity index is 2820. The summed E-state index contributed by atoms with van der Waals surface area (Å²) in [6.45, 7) is 19.2. The molecule has 4 heteroatoms. The van der Waals surface area contributed by atoms with Crippen LogP contribution in [0, 0.1) is 11.8 Å². The number of furan rings is 1. The van der Waals surface area contributed by atoms with Crippen LogP contribution < -0.4 is 20.7 Å². The van der Waals surface area contributed by atoms with Crippen LogP contribution in [0.15, 0.2) is 131 Å². The second-order valence-electron chi connectivity index (χ2n) is 19.3. The molecule has 3 aliphatic heterocycles. The predicted molar refractivity (Wildman–Crippen MR) is 227 cm³/mol. The summed E-state index contributed by atoms with van der Waals surface area (Å²) in [5.41, 5.74) is 19.7. The van der Waals surface area contributed by atoms with Crippen LogP contribution in [-0.2, 0) is 16.2 Å². The first-order valence-corrected chi connectivity index (χ1v) is 19.9. The van der Waals surface area contributed by atoms with Gasteiger partial charge < -0.3 is 14.2 Å². The van der Waals surface area contributed by atoms with Gasteiger partial charge in [-0.25, -0.2) is 0 Å². The molecule has 0 amide bonds. The Morgan fingerprint density at radius 2 is 1.43 bits per heavy atom. The Labute approximate surface area is 318 Å². The van der Waals surface area contributed by atoms with Crippen molar-refractivity contribution in [3.63, 3.8) is 0 Å². The molecule has 1 aromatic heterocycles. The number of benzene rings is 5. The Balaban J connectivity index is 1.23. The van der Waals surface area contributed by atoms with Crippen molar-refractivity contribution in [3.05, 3.63) is 149 Å². The van der Waals surface area contributed by atoms with Crippen LogP contribution in [0.2, 0.25) is 0 Å². The molecule has 1 spiro atoms. The molecule has 5 aromatic carbocycles. The molecule has 0 bridgehead atoms. The van der Waals surface area contributed by atoms with Crippen molar-refractivity contribution in [2.75, 3.05) is 9.80 Å². The summed E-state index contributed by atoms with van der Waals surface area (Å²) in [5, 5.41) is 2.31. The molecule has 3 aliphatic carbocycles. The molecule has 0 saturated heterocycles. The maximum absolute atomic E-state index is 6.86. The Kier molecular flexibility index (Phi) is 5.50. The van der Waals surface area contributed by atoms with Crippen molar-refractivity contribution in [2.45, 2.75) is 77.2 Å². The van der Waals surface area contributed by atoms with E-state index in [4.69, 9.17) is 4.42 Å². The van der Waals surface area contributed by atoms with Gasteiger partial charge in [-0.3, -0.25) is 0 Å². The lowest BCUT2D eigenvalue weighted by atomic mass is 9.30. The summed E-state index contributed by atoms with van der Waals surface area (Å²) in [6, 6.07) is 37.0. The molecule has 3 unspecified atom stereocenters. The zero-order chi connectivity index (χ0) is 36.8. The number of hydrogen-bond acceptors (Lipinski definition) is 3. The standard InChI is InChI=1S/C50H45BN2O/c1-47(2,3)28-23-24-35-37(25-28)52(36-20-13-17-31-30-15-10-12-21-40(30)54-45(31)36)38-26-29(48(4,5)6)27-39-44(38)51(35)41-22-14-19-34-43-42-32-16-9-11-18-33(32)49(7,8)46(42)53(39)50(34,41)43/h9-27,34,43H,1-8H3. The second kappa shape index (κ2) is 9.53. The molecule has 12 rings (SSSR count). The van der Waals surface area contributed by atoms with Gasteiger partial charge in [0.1, 0.15) is 5.58 Å². The van der Waals surface area contributed by atoms with E-state index in [0.717, 1.165) is 27.6 Å². The maximum Gasteiger partial charge on any atom is 0.247 e. The smallest absolute Gasteiger partial charge is 0.247 e. The molecule has 4 heterocycles. The van der Waals surface area contributed by atoms with E-state index in [0.29, 0.717) is 11.8 Å². The third-order valence-corrected chi connectivity index (χ3v) is 14.1. The average Bonchev–Trinajstić information content (AvgIpc) is 3.37. The Morgan fingerprint density at radius 3 is 2.24 bits per heavy atom. The van der Waals surface area contributed by atoms with E-state index < -0.39 is 0 Å². The zero-order valence-electron chi connectivity index (χ0n) is 32.5. The first-order chi connectivity index (χ1) is 25.8. The van der Waals surface area contributed by atoms with Gasteiger partial charge >= 0.3 is 0 Å². The number of hydrogen-bond donors (Lipinski definition) is 0. The number of anilines is 4. The Hall–Kier alpha value is -5.22. The predicted octanol–water partition coefficient (Wildman–Crippen LogP) is 11.1. The van der Waals surface area contributed by atoms with Gasteiger partial charge in [0.05, 0.1) is 11.2 Å². The third kappa shape index (κ3) is 3.48. The quantitative estimate of drug-likeness (QED) is 0.159. The monoisotopic (exact) mass is 700 g/mol. The van der Waals surface area contributed by atoms with E-state index in [9.17, 15) is 0 Å². The molecule has 54 heavy (non-hydrogen) atoms. The van der Waals surface area contributed by atoms with E-state index in [1.807, 2.05) is 0 Å². The topological polar surface area (TPSA) is 19.6 Å². The molecular formula is C50H45BN2O. The van der Waals surface area contributed by atoms with E-state index in [-0.39, 0.29) is 28.5 Å². The third-order valence-electron chi connectivity index (χ3n) is 14.1. The number of para-hydroxylation sites is 2.